The van der Waals surface area contributed by atoms with Crippen molar-refractivity contribution >= 4 is 31.9 Å². The van der Waals surface area contributed by atoms with Crippen molar-refractivity contribution in [1.82, 2.24) is 0 Å². The molecule has 2 rings (SSSR count). The SMILES string of the molecule is CCCCCCCCCCCCc1ccc(C#CC#Cc2ccc(CCCCCCCCCCCC)cc2Br)c(Br)c1. The zero-order valence-corrected chi connectivity index (χ0v) is 29.9. The molecule has 0 fully saturated rings. The average molecular weight is 697 g/mol. The molecule has 0 aromatic heterocycles. The molecule has 0 aliphatic rings. The zero-order chi connectivity index (χ0) is 30.1. The monoisotopic (exact) mass is 694 g/mol. The van der Waals surface area contributed by atoms with Crippen LogP contribution in [0.2, 0.25) is 0 Å². The lowest BCUT2D eigenvalue weighted by molar-refractivity contribution is 0.556. The Labute approximate surface area is 276 Å². The standard InChI is InChI=1S/C40H56Br2/c1-3-5-7-9-11-13-15-17-19-21-25-35-29-31-37(39(41)33-35)27-23-24-28-38-32-30-36(34-40(38)42)26-22-20-18-16-14-12-10-8-6-4-2/h29-34H,3-22,25-26H2,1-2H3. The quantitative estimate of drug-likeness (QED) is 0.0849. The molecule has 0 aliphatic heterocycles. The van der Waals surface area contributed by atoms with Crippen molar-refractivity contribution < 1.29 is 0 Å². The molecule has 0 aliphatic carbocycles. The van der Waals surface area contributed by atoms with Gasteiger partial charge in [0, 0.05) is 20.1 Å². The van der Waals surface area contributed by atoms with Crippen LogP contribution in [0, 0.1) is 23.7 Å². The molecular weight excluding hydrogens is 640 g/mol. The summed E-state index contributed by atoms with van der Waals surface area (Å²) >= 11 is 7.45. The summed E-state index contributed by atoms with van der Waals surface area (Å²) in [5, 5.41) is 0. The van der Waals surface area contributed by atoms with Gasteiger partial charge in [-0.05, 0) is 105 Å². The first kappa shape index (κ1) is 36.7. The molecule has 2 aromatic carbocycles. The molecule has 0 spiro atoms. The molecule has 0 saturated carbocycles. The van der Waals surface area contributed by atoms with Crippen molar-refractivity contribution in [1.29, 1.82) is 0 Å². The summed E-state index contributed by atoms with van der Waals surface area (Å²) < 4.78 is 2.14. The maximum atomic E-state index is 3.72. The lowest BCUT2D eigenvalue weighted by atomic mass is 10.0. The molecular formula is C40H56Br2. The Morgan fingerprint density at radius 3 is 1.05 bits per heavy atom. The van der Waals surface area contributed by atoms with Gasteiger partial charge in [0.2, 0.25) is 0 Å². The summed E-state index contributed by atoms with van der Waals surface area (Å²) in [6.07, 6.45) is 29.8. The highest BCUT2D eigenvalue weighted by molar-refractivity contribution is 9.10. The first-order valence-electron chi connectivity index (χ1n) is 17.2. The molecule has 230 valence electrons. The van der Waals surface area contributed by atoms with Crippen LogP contribution in [0.1, 0.15) is 165 Å². The smallest absolute Gasteiger partial charge is 0.0397 e. The van der Waals surface area contributed by atoms with Crippen LogP contribution in [0.5, 0.6) is 0 Å². The Kier molecular flexibility index (Phi) is 21.8. The van der Waals surface area contributed by atoms with Gasteiger partial charge in [-0.1, -0.05) is 153 Å². The summed E-state index contributed by atoms with van der Waals surface area (Å²) in [6.45, 7) is 4.57. The van der Waals surface area contributed by atoms with E-state index in [0.717, 1.165) is 32.9 Å². The van der Waals surface area contributed by atoms with Gasteiger partial charge in [-0.3, -0.25) is 0 Å². The Balaban J connectivity index is 1.66. The number of hydrogen-bond acceptors (Lipinski definition) is 0. The van der Waals surface area contributed by atoms with Crippen LogP contribution in [-0.4, -0.2) is 0 Å². The van der Waals surface area contributed by atoms with Crippen molar-refractivity contribution in [3.8, 4) is 23.7 Å². The minimum absolute atomic E-state index is 1.00. The van der Waals surface area contributed by atoms with E-state index in [0.29, 0.717) is 0 Å². The highest BCUT2D eigenvalue weighted by atomic mass is 79.9. The fourth-order valence-electron chi connectivity index (χ4n) is 5.46. The predicted octanol–water partition coefficient (Wildman–Crippen LogP) is 13.5. The summed E-state index contributed by atoms with van der Waals surface area (Å²) in [7, 11) is 0. The molecule has 2 aromatic rings. The lowest BCUT2D eigenvalue weighted by Gasteiger charge is -2.05. The Morgan fingerprint density at radius 2 is 0.738 bits per heavy atom. The molecule has 0 radical (unpaired) electrons. The minimum atomic E-state index is 1.00. The van der Waals surface area contributed by atoms with Crippen LogP contribution in [0.15, 0.2) is 45.3 Å². The number of hydrogen-bond donors (Lipinski definition) is 0. The van der Waals surface area contributed by atoms with Crippen LogP contribution in [-0.2, 0) is 12.8 Å². The van der Waals surface area contributed by atoms with E-state index in [1.165, 1.54) is 140 Å². The predicted molar refractivity (Wildman–Crippen MR) is 193 cm³/mol. The van der Waals surface area contributed by atoms with E-state index in [-0.39, 0.29) is 0 Å². The van der Waals surface area contributed by atoms with Gasteiger partial charge >= 0.3 is 0 Å². The summed E-state index contributed by atoms with van der Waals surface area (Å²) in [5.74, 6) is 12.6. The van der Waals surface area contributed by atoms with Crippen molar-refractivity contribution in [2.45, 2.75) is 155 Å². The highest BCUT2D eigenvalue weighted by Crippen LogP contribution is 2.21. The van der Waals surface area contributed by atoms with Crippen LogP contribution >= 0.6 is 31.9 Å². The number of unbranched alkanes of at least 4 members (excludes halogenated alkanes) is 18. The molecule has 0 bridgehead atoms. The molecule has 42 heavy (non-hydrogen) atoms. The third kappa shape index (κ3) is 17.6. The molecule has 0 unspecified atom stereocenters. The molecule has 0 atom stereocenters. The molecule has 0 heterocycles. The van der Waals surface area contributed by atoms with Gasteiger partial charge in [0.15, 0.2) is 0 Å². The van der Waals surface area contributed by atoms with Gasteiger partial charge in [0.1, 0.15) is 0 Å². The van der Waals surface area contributed by atoms with Crippen LogP contribution < -0.4 is 0 Å². The van der Waals surface area contributed by atoms with Gasteiger partial charge < -0.3 is 0 Å². The first-order chi connectivity index (χ1) is 20.6. The van der Waals surface area contributed by atoms with E-state index < -0.39 is 0 Å². The van der Waals surface area contributed by atoms with Gasteiger partial charge in [-0.2, -0.15) is 0 Å². The number of aryl methyl sites for hydroxylation is 2. The van der Waals surface area contributed by atoms with E-state index in [4.69, 9.17) is 0 Å². The summed E-state index contributed by atoms with van der Waals surface area (Å²) in [6, 6.07) is 13.2. The second-order valence-electron chi connectivity index (χ2n) is 12.0. The Bertz CT molecular complexity index is 1020. The zero-order valence-electron chi connectivity index (χ0n) is 26.8. The highest BCUT2D eigenvalue weighted by Gasteiger charge is 2.02. The summed E-state index contributed by atoms with van der Waals surface area (Å²) in [4.78, 5) is 0. The van der Waals surface area contributed by atoms with Crippen LogP contribution in [0.25, 0.3) is 0 Å². The topological polar surface area (TPSA) is 0 Å². The fraction of sp³-hybridized carbons (Fsp3) is 0.600. The second-order valence-corrected chi connectivity index (χ2v) is 13.7. The third-order valence-corrected chi connectivity index (χ3v) is 9.47. The van der Waals surface area contributed by atoms with Gasteiger partial charge in [-0.15, -0.1) is 0 Å². The van der Waals surface area contributed by atoms with Gasteiger partial charge in [0.25, 0.3) is 0 Å². The Morgan fingerprint density at radius 1 is 0.429 bits per heavy atom. The van der Waals surface area contributed by atoms with E-state index in [2.05, 4.69) is 106 Å². The lowest BCUT2D eigenvalue weighted by Crippen LogP contribution is -1.89. The van der Waals surface area contributed by atoms with E-state index in [9.17, 15) is 0 Å². The first-order valence-corrected chi connectivity index (χ1v) is 18.8. The number of benzene rings is 2. The Hall–Kier alpha value is -1.48. The van der Waals surface area contributed by atoms with Gasteiger partial charge in [-0.25, -0.2) is 0 Å². The van der Waals surface area contributed by atoms with Crippen LogP contribution in [0.3, 0.4) is 0 Å². The average Bonchev–Trinajstić information content (AvgIpc) is 2.99. The number of halogens is 2. The van der Waals surface area contributed by atoms with Crippen molar-refractivity contribution in [3.63, 3.8) is 0 Å². The molecule has 0 amide bonds. The number of rotatable bonds is 22. The van der Waals surface area contributed by atoms with Crippen molar-refractivity contribution in [2.75, 3.05) is 0 Å². The molecule has 0 N–H and O–H groups in total. The fourth-order valence-corrected chi connectivity index (χ4v) is 6.51. The maximum Gasteiger partial charge on any atom is 0.0397 e. The van der Waals surface area contributed by atoms with Gasteiger partial charge in [0.05, 0.1) is 0 Å². The minimum Gasteiger partial charge on any atom is -0.0654 e. The van der Waals surface area contributed by atoms with E-state index >= 15 is 0 Å². The largest absolute Gasteiger partial charge is 0.0654 e. The maximum absolute atomic E-state index is 3.72. The molecule has 2 heteroatoms. The third-order valence-electron chi connectivity index (χ3n) is 8.16. The molecule has 0 nitrogen and oxygen atoms in total. The van der Waals surface area contributed by atoms with Crippen molar-refractivity contribution in [3.05, 3.63) is 67.6 Å². The normalized spacial score (nSPS) is 10.7. The van der Waals surface area contributed by atoms with E-state index in [1.807, 2.05) is 0 Å². The van der Waals surface area contributed by atoms with Crippen LogP contribution in [0.4, 0.5) is 0 Å². The summed E-state index contributed by atoms with van der Waals surface area (Å²) in [5.41, 5.74) is 4.78. The second kappa shape index (κ2) is 24.9. The van der Waals surface area contributed by atoms with E-state index in [1.54, 1.807) is 0 Å². The van der Waals surface area contributed by atoms with Crippen molar-refractivity contribution in [2.24, 2.45) is 0 Å². The molecule has 0 saturated heterocycles.